The third-order valence-electron chi connectivity index (χ3n) is 8.53. The van der Waals surface area contributed by atoms with Gasteiger partial charge in [-0.1, -0.05) is 46.6 Å². The molecule has 0 amide bonds. The van der Waals surface area contributed by atoms with Crippen molar-refractivity contribution in [2.45, 2.75) is 110 Å². The summed E-state index contributed by atoms with van der Waals surface area (Å²) < 4.78 is 17.3. The second-order valence-electron chi connectivity index (χ2n) is 11.9. The van der Waals surface area contributed by atoms with E-state index in [1.54, 1.807) is 39.0 Å². The van der Waals surface area contributed by atoms with Crippen LogP contribution < -0.4 is 0 Å². The third-order valence-corrected chi connectivity index (χ3v) is 8.53. The normalized spacial score (nSPS) is 35.7. The highest BCUT2D eigenvalue weighted by atomic mass is 16.8. The zero-order chi connectivity index (χ0) is 27.2. The first-order chi connectivity index (χ1) is 17.3. The van der Waals surface area contributed by atoms with E-state index < -0.39 is 35.0 Å². The second-order valence-corrected chi connectivity index (χ2v) is 11.9. The van der Waals surface area contributed by atoms with Gasteiger partial charge in [0.05, 0.1) is 17.9 Å². The van der Waals surface area contributed by atoms with Crippen LogP contribution in [0.25, 0.3) is 11.1 Å². The maximum absolute atomic E-state index is 13.4. The number of epoxide rings is 1. The van der Waals surface area contributed by atoms with Crippen LogP contribution in [0.15, 0.2) is 22.6 Å². The molecular weight excluding hydrogens is 474 g/mol. The Morgan fingerprint density at radius 2 is 1.92 bits per heavy atom. The van der Waals surface area contributed by atoms with Gasteiger partial charge in [-0.05, 0) is 49.8 Å². The van der Waals surface area contributed by atoms with Crippen molar-refractivity contribution < 1.29 is 33.7 Å². The average Bonchev–Trinajstić information content (AvgIpc) is 3.15. The number of ketones is 1. The van der Waals surface area contributed by atoms with Gasteiger partial charge in [0.15, 0.2) is 17.3 Å². The van der Waals surface area contributed by atoms with Gasteiger partial charge in [-0.25, -0.2) is 4.98 Å². The van der Waals surface area contributed by atoms with Gasteiger partial charge < -0.3 is 24.1 Å². The van der Waals surface area contributed by atoms with Gasteiger partial charge in [0, 0.05) is 19.3 Å². The molecular formula is C29H41NO7. The molecule has 2 fully saturated rings. The van der Waals surface area contributed by atoms with E-state index in [-0.39, 0.29) is 24.5 Å². The summed E-state index contributed by atoms with van der Waals surface area (Å²) in [6.45, 7) is 11.2. The molecule has 2 aromatic rings. The number of Topliss-reactive ketones (excluding diaryl/α,β-unsaturated/α-hetero) is 1. The number of fused-ring (bicyclic) bond motifs is 2. The minimum Gasteiger partial charge on any atom is -0.457 e. The van der Waals surface area contributed by atoms with Crippen molar-refractivity contribution in [1.29, 1.82) is 0 Å². The van der Waals surface area contributed by atoms with Gasteiger partial charge in [-0.15, -0.1) is 0 Å². The van der Waals surface area contributed by atoms with Gasteiger partial charge >= 0.3 is 5.97 Å². The molecule has 0 radical (unpaired) electrons. The predicted molar refractivity (Wildman–Crippen MR) is 137 cm³/mol. The number of carbonyl (C=O) groups excluding carboxylic acids is 2. The number of oxazole rings is 1. The van der Waals surface area contributed by atoms with Crippen molar-refractivity contribution in [2.24, 2.45) is 17.3 Å². The predicted octanol–water partition coefficient (Wildman–Crippen LogP) is 5.17. The van der Waals surface area contributed by atoms with Crippen molar-refractivity contribution >= 4 is 22.9 Å². The summed E-state index contributed by atoms with van der Waals surface area (Å²) in [5, 5.41) is 22.3. The van der Waals surface area contributed by atoms with E-state index in [9.17, 15) is 19.8 Å². The lowest BCUT2D eigenvalue weighted by Crippen LogP contribution is -2.42. The summed E-state index contributed by atoms with van der Waals surface area (Å²) in [4.78, 5) is 30.9. The number of aliphatic hydroxyl groups excluding tert-OH is 1. The van der Waals surface area contributed by atoms with Crippen LogP contribution in [0.2, 0.25) is 0 Å². The molecule has 0 saturated carbocycles. The highest BCUT2D eigenvalue weighted by Gasteiger charge is 2.66. The smallest absolute Gasteiger partial charge is 0.309 e. The largest absolute Gasteiger partial charge is 0.457 e. The van der Waals surface area contributed by atoms with E-state index in [1.807, 2.05) is 13.8 Å². The summed E-state index contributed by atoms with van der Waals surface area (Å²) in [5.74, 6) is -1.47. The van der Waals surface area contributed by atoms with Crippen LogP contribution in [0.3, 0.4) is 0 Å². The maximum atomic E-state index is 13.4. The topological polar surface area (TPSA) is 122 Å². The lowest BCUT2D eigenvalue weighted by Gasteiger charge is -2.33. The summed E-state index contributed by atoms with van der Waals surface area (Å²) in [6.07, 6.45) is 1.49. The molecule has 204 valence electrons. The maximum Gasteiger partial charge on any atom is 0.309 e. The molecule has 0 bridgehead atoms. The first-order valence-electron chi connectivity index (χ1n) is 13.5. The fourth-order valence-corrected chi connectivity index (χ4v) is 5.75. The molecule has 0 aliphatic carbocycles. The van der Waals surface area contributed by atoms with E-state index in [0.717, 1.165) is 19.3 Å². The van der Waals surface area contributed by atoms with Crippen molar-refractivity contribution in [3.05, 3.63) is 29.7 Å². The third kappa shape index (κ3) is 5.61. The number of cyclic esters (lactones) is 1. The first kappa shape index (κ1) is 27.7. The van der Waals surface area contributed by atoms with Crippen molar-refractivity contribution in [1.82, 2.24) is 4.98 Å². The van der Waals surface area contributed by atoms with Crippen LogP contribution in [-0.4, -0.2) is 44.4 Å². The van der Waals surface area contributed by atoms with Gasteiger partial charge in [-0.3, -0.25) is 9.59 Å². The summed E-state index contributed by atoms with van der Waals surface area (Å²) in [7, 11) is 0. The Morgan fingerprint density at radius 3 is 2.62 bits per heavy atom. The lowest BCUT2D eigenvalue weighted by atomic mass is 9.72. The number of aromatic nitrogens is 1. The zero-order valence-electron chi connectivity index (χ0n) is 22.9. The van der Waals surface area contributed by atoms with E-state index >= 15 is 0 Å². The fourth-order valence-electron chi connectivity index (χ4n) is 5.75. The molecule has 1 aromatic carbocycles. The van der Waals surface area contributed by atoms with E-state index in [1.165, 1.54) is 0 Å². The monoisotopic (exact) mass is 515 g/mol. The quantitative estimate of drug-likeness (QED) is 0.415. The number of aliphatic hydroxyl groups is 2. The Bertz CT molecular complexity index is 1160. The molecule has 37 heavy (non-hydrogen) atoms. The number of rotatable bonds is 2. The second kappa shape index (κ2) is 10.1. The number of aryl methyl sites for hydroxylation is 1. The van der Waals surface area contributed by atoms with Crippen LogP contribution in [0, 0.1) is 24.2 Å². The Labute approximate surface area is 218 Å². The molecule has 6 atom stereocenters. The number of nitrogens with zero attached hydrogens (tertiary/aromatic N) is 1. The zero-order valence-corrected chi connectivity index (χ0v) is 22.9. The Hall–Kier alpha value is -2.29. The number of carbonyl (C=O) groups is 2. The lowest BCUT2D eigenvalue weighted by molar-refractivity contribution is -0.158. The Kier molecular flexibility index (Phi) is 7.58. The molecule has 2 N–H and O–H groups in total. The highest BCUT2D eigenvalue weighted by Crippen LogP contribution is 2.54. The number of ether oxygens (including phenoxy) is 2. The standard InChI is InChI=1S/C29H41NO7/c1-7-19-13-17(2)9-8-12-28(6)29(34,37-28)16-23(20-10-11-22-21(14-20)30-18(3)35-22)36-25(32)15-24(31)27(4,5)26(19)33/h10-11,14,17,19,23-24,31,34H,7-9,12-13,15-16H2,1-6H3. The van der Waals surface area contributed by atoms with Gasteiger partial charge in [0.1, 0.15) is 23.0 Å². The molecule has 0 spiro atoms. The molecule has 2 aliphatic rings. The molecule has 1 aromatic heterocycles. The van der Waals surface area contributed by atoms with Crippen molar-refractivity contribution in [3.8, 4) is 0 Å². The van der Waals surface area contributed by atoms with Crippen LogP contribution in [-0.2, 0) is 19.1 Å². The van der Waals surface area contributed by atoms with E-state index in [2.05, 4.69) is 11.9 Å². The highest BCUT2D eigenvalue weighted by molar-refractivity contribution is 5.87. The summed E-state index contributed by atoms with van der Waals surface area (Å²) >= 11 is 0. The average molecular weight is 516 g/mol. The Balaban J connectivity index is 1.65. The summed E-state index contributed by atoms with van der Waals surface area (Å²) in [5.41, 5.74) is 0.0358. The molecule has 2 aliphatic heterocycles. The van der Waals surface area contributed by atoms with E-state index in [0.29, 0.717) is 41.3 Å². The summed E-state index contributed by atoms with van der Waals surface area (Å²) in [6, 6.07) is 5.32. The number of benzene rings is 1. The molecule has 8 nitrogen and oxygen atoms in total. The number of hydrogen-bond acceptors (Lipinski definition) is 8. The fraction of sp³-hybridized carbons (Fsp3) is 0.690. The molecule has 8 heteroatoms. The van der Waals surface area contributed by atoms with Gasteiger partial charge in [0.25, 0.3) is 0 Å². The Morgan fingerprint density at radius 1 is 1.19 bits per heavy atom. The molecule has 6 unspecified atom stereocenters. The van der Waals surface area contributed by atoms with Crippen LogP contribution in [0.1, 0.15) is 97.1 Å². The van der Waals surface area contributed by atoms with Crippen molar-refractivity contribution in [2.75, 3.05) is 0 Å². The minimum atomic E-state index is -1.44. The van der Waals surface area contributed by atoms with Gasteiger partial charge in [-0.2, -0.15) is 0 Å². The van der Waals surface area contributed by atoms with Crippen LogP contribution >= 0.6 is 0 Å². The van der Waals surface area contributed by atoms with Crippen LogP contribution in [0.5, 0.6) is 0 Å². The SMILES string of the molecule is CCC1CC(C)CCCC2(C)OC2(O)CC(c2ccc3oc(C)nc3c2)OC(=O)CC(O)C(C)(C)C1=O. The molecule has 3 heterocycles. The molecule has 2 saturated heterocycles. The number of esters is 1. The van der Waals surface area contributed by atoms with Crippen molar-refractivity contribution in [3.63, 3.8) is 0 Å². The van der Waals surface area contributed by atoms with Crippen LogP contribution in [0.4, 0.5) is 0 Å². The van der Waals surface area contributed by atoms with Gasteiger partial charge in [0.2, 0.25) is 0 Å². The first-order valence-corrected chi connectivity index (χ1v) is 13.5. The van der Waals surface area contributed by atoms with E-state index in [4.69, 9.17) is 13.9 Å². The molecule has 4 rings (SSSR count). The minimum absolute atomic E-state index is 0.0236. The number of hydrogen-bond donors (Lipinski definition) is 2.